The molecule has 0 bridgehead atoms. The van der Waals surface area contributed by atoms with Gasteiger partial charge in [-0.2, -0.15) is 0 Å². The van der Waals surface area contributed by atoms with E-state index in [1.807, 2.05) is 24.3 Å². The average Bonchev–Trinajstić information content (AvgIpc) is 3.34. The molecule has 5 nitrogen and oxygen atoms in total. The molecule has 1 saturated heterocycles. The van der Waals surface area contributed by atoms with Crippen molar-refractivity contribution in [1.29, 1.82) is 0 Å². The van der Waals surface area contributed by atoms with Gasteiger partial charge in [-0.05, 0) is 62.7 Å². The lowest BCUT2D eigenvalue weighted by atomic mass is 10.2. The van der Waals surface area contributed by atoms with Gasteiger partial charge in [0.2, 0.25) is 0 Å². The second-order valence-electron chi connectivity index (χ2n) is 7.65. The summed E-state index contributed by atoms with van der Waals surface area (Å²) >= 11 is 6.15. The Balaban J connectivity index is 1.61. The summed E-state index contributed by atoms with van der Waals surface area (Å²) in [7, 11) is 0. The van der Waals surface area contributed by atoms with Gasteiger partial charge in [-0.3, -0.25) is 9.69 Å². The number of anilines is 1. The predicted molar refractivity (Wildman–Crippen MR) is 119 cm³/mol. The van der Waals surface area contributed by atoms with Gasteiger partial charge in [0.05, 0.1) is 28.2 Å². The highest BCUT2D eigenvalue weighted by atomic mass is 35.5. The zero-order valence-electron chi connectivity index (χ0n) is 16.8. The van der Waals surface area contributed by atoms with Gasteiger partial charge in [0.25, 0.3) is 5.91 Å². The smallest absolute Gasteiger partial charge is 0.257 e. The molecule has 4 rings (SSSR count). The molecular formula is C23H27ClN4O. The molecule has 1 aliphatic rings. The largest absolute Gasteiger partial charge is 0.327 e. The first-order chi connectivity index (χ1) is 14.2. The molecule has 0 spiro atoms. The zero-order chi connectivity index (χ0) is 20.2. The van der Waals surface area contributed by atoms with Crippen LogP contribution in [0.15, 0.2) is 42.5 Å². The third-order valence-corrected chi connectivity index (χ3v) is 5.83. The van der Waals surface area contributed by atoms with Crippen LogP contribution in [0.5, 0.6) is 0 Å². The quantitative estimate of drug-likeness (QED) is 0.572. The number of carbonyl (C=O) groups excluding carboxylic acids is 1. The first kappa shape index (κ1) is 19.9. The van der Waals surface area contributed by atoms with Crippen LogP contribution < -0.4 is 5.32 Å². The fourth-order valence-corrected chi connectivity index (χ4v) is 4.15. The lowest BCUT2D eigenvalue weighted by Crippen LogP contribution is -2.21. The van der Waals surface area contributed by atoms with Crippen LogP contribution in [0.25, 0.3) is 11.0 Å². The van der Waals surface area contributed by atoms with E-state index in [1.165, 1.54) is 12.8 Å². The van der Waals surface area contributed by atoms with E-state index in [9.17, 15) is 4.79 Å². The van der Waals surface area contributed by atoms with Crippen LogP contribution >= 0.6 is 11.6 Å². The summed E-state index contributed by atoms with van der Waals surface area (Å²) in [5.41, 5.74) is 3.25. The Labute approximate surface area is 176 Å². The van der Waals surface area contributed by atoms with Crippen molar-refractivity contribution in [1.82, 2.24) is 14.5 Å². The van der Waals surface area contributed by atoms with Crippen molar-refractivity contribution in [3.8, 4) is 0 Å². The molecule has 2 heterocycles. The van der Waals surface area contributed by atoms with Gasteiger partial charge >= 0.3 is 0 Å². The summed E-state index contributed by atoms with van der Waals surface area (Å²) in [5, 5.41) is 3.40. The fourth-order valence-electron chi connectivity index (χ4n) is 3.93. The molecule has 1 fully saturated rings. The van der Waals surface area contributed by atoms with Crippen LogP contribution in [0.1, 0.15) is 48.8 Å². The van der Waals surface area contributed by atoms with Gasteiger partial charge < -0.3 is 9.88 Å². The van der Waals surface area contributed by atoms with E-state index in [1.54, 1.807) is 12.1 Å². The highest BCUT2D eigenvalue weighted by molar-refractivity contribution is 6.34. The molecule has 3 aromatic rings. The average molecular weight is 411 g/mol. The Morgan fingerprint density at radius 3 is 2.72 bits per heavy atom. The Kier molecular flexibility index (Phi) is 6.16. The molecule has 0 aliphatic carbocycles. The molecule has 0 unspecified atom stereocenters. The van der Waals surface area contributed by atoms with Crippen LogP contribution in [0.3, 0.4) is 0 Å². The maximum Gasteiger partial charge on any atom is 0.257 e. The maximum absolute atomic E-state index is 12.6. The van der Waals surface area contributed by atoms with E-state index in [0.717, 1.165) is 61.6 Å². The first-order valence-corrected chi connectivity index (χ1v) is 10.8. The minimum absolute atomic E-state index is 0.211. The third-order valence-electron chi connectivity index (χ3n) is 5.50. The van der Waals surface area contributed by atoms with Gasteiger partial charge in [0.15, 0.2) is 0 Å². The van der Waals surface area contributed by atoms with E-state index in [4.69, 9.17) is 16.6 Å². The van der Waals surface area contributed by atoms with Crippen molar-refractivity contribution < 1.29 is 4.79 Å². The van der Waals surface area contributed by atoms with Gasteiger partial charge in [-0.15, -0.1) is 0 Å². The lowest BCUT2D eigenvalue weighted by molar-refractivity contribution is 0.102. The number of halogens is 1. The van der Waals surface area contributed by atoms with Gasteiger partial charge in [-0.25, -0.2) is 4.98 Å². The minimum Gasteiger partial charge on any atom is -0.327 e. The molecule has 1 amide bonds. The van der Waals surface area contributed by atoms with Crippen molar-refractivity contribution in [2.45, 2.75) is 45.7 Å². The number of nitrogens with zero attached hydrogens (tertiary/aromatic N) is 3. The Bertz CT molecular complexity index is 1010. The Morgan fingerprint density at radius 1 is 1.17 bits per heavy atom. The summed E-state index contributed by atoms with van der Waals surface area (Å²) < 4.78 is 2.34. The normalized spacial score (nSPS) is 14.6. The number of hydrogen-bond acceptors (Lipinski definition) is 3. The molecule has 29 heavy (non-hydrogen) atoms. The second-order valence-corrected chi connectivity index (χ2v) is 8.06. The summed E-state index contributed by atoms with van der Waals surface area (Å²) in [6.45, 7) is 6.37. The molecule has 0 saturated carbocycles. The van der Waals surface area contributed by atoms with E-state index in [0.29, 0.717) is 10.6 Å². The number of rotatable bonds is 7. The van der Waals surface area contributed by atoms with Crippen LogP contribution in [-0.2, 0) is 13.1 Å². The number of fused-ring (bicyclic) bond motifs is 1. The number of carbonyl (C=O) groups is 1. The highest BCUT2D eigenvalue weighted by Crippen LogP contribution is 2.24. The number of aryl methyl sites for hydroxylation is 1. The van der Waals surface area contributed by atoms with Gasteiger partial charge in [0.1, 0.15) is 5.82 Å². The van der Waals surface area contributed by atoms with Crippen LogP contribution in [0.4, 0.5) is 5.69 Å². The number of hydrogen-bond donors (Lipinski definition) is 1. The summed E-state index contributed by atoms with van der Waals surface area (Å²) in [6, 6.07) is 13.0. The standard InChI is InChI=1S/C23H27ClN4O/c1-2-3-14-28-21-11-10-17(25-23(29)18-8-4-5-9-19(18)24)15-20(21)26-22(28)16-27-12-6-7-13-27/h4-5,8-11,15H,2-3,6-7,12-14,16H2,1H3,(H,25,29). The molecule has 0 atom stereocenters. The molecular weight excluding hydrogens is 384 g/mol. The lowest BCUT2D eigenvalue weighted by Gasteiger charge is -2.15. The first-order valence-electron chi connectivity index (χ1n) is 10.4. The predicted octanol–water partition coefficient (Wildman–Crippen LogP) is 5.34. The molecule has 2 aromatic carbocycles. The van der Waals surface area contributed by atoms with E-state index in [2.05, 4.69) is 27.8 Å². The zero-order valence-corrected chi connectivity index (χ0v) is 17.6. The number of imidazole rings is 1. The SMILES string of the molecule is CCCCn1c(CN2CCCC2)nc2cc(NC(=O)c3ccccc3Cl)ccc21. The van der Waals surface area contributed by atoms with Crippen molar-refractivity contribution in [2.24, 2.45) is 0 Å². The minimum atomic E-state index is -0.211. The van der Waals surface area contributed by atoms with Crippen molar-refractivity contribution in [2.75, 3.05) is 18.4 Å². The Hall–Kier alpha value is -2.37. The van der Waals surface area contributed by atoms with Crippen LogP contribution in [0, 0.1) is 0 Å². The second kappa shape index (κ2) is 8.97. The monoisotopic (exact) mass is 410 g/mol. The van der Waals surface area contributed by atoms with E-state index in [-0.39, 0.29) is 5.91 Å². The topological polar surface area (TPSA) is 50.2 Å². The van der Waals surface area contributed by atoms with Crippen molar-refractivity contribution in [3.63, 3.8) is 0 Å². The molecule has 152 valence electrons. The summed E-state index contributed by atoms with van der Waals surface area (Å²) in [5.74, 6) is 0.905. The highest BCUT2D eigenvalue weighted by Gasteiger charge is 2.18. The number of unbranched alkanes of at least 4 members (excludes halogenated alkanes) is 1. The van der Waals surface area contributed by atoms with Crippen molar-refractivity contribution >= 4 is 34.2 Å². The fraction of sp³-hybridized carbons (Fsp3) is 0.391. The number of nitrogens with one attached hydrogen (secondary N) is 1. The molecule has 1 N–H and O–H groups in total. The van der Waals surface area contributed by atoms with Crippen LogP contribution in [0.2, 0.25) is 5.02 Å². The summed E-state index contributed by atoms with van der Waals surface area (Å²) in [4.78, 5) is 20.0. The third kappa shape index (κ3) is 4.46. The maximum atomic E-state index is 12.6. The molecule has 1 aromatic heterocycles. The van der Waals surface area contributed by atoms with Crippen LogP contribution in [-0.4, -0.2) is 33.4 Å². The number of likely N-dealkylation sites (tertiary alicyclic amines) is 1. The van der Waals surface area contributed by atoms with Crippen molar-refractivity contribution in [3.05, 3.63) is 58.9 Å². The van der Waals surface area contributed by atoms with E-state index >= 15 is 0 Å². The van der Waals surface area contributed by atoms with Gasteiger partial charge in [-0.1, -0.05) is 37.1 Å². The number of benzene rings is 2. The molecule has 6 heteroatoms. The molecule has 0 radical (unpaired) electrons. The Morgan fingerprint density at radius 2 is 1.97 bits per heavy atom. The molecule has 1 aliphatic heterocycles. The summed E-state index contributed by atoms with van der Waals surface area (Å²) in [6.07, 6.45) is 4.82. The number of aromatic nitrogens is 2. The number of amides is 1. The van der Waals surface area contributed by atoms with Gasteiger partial charge in [0, 0.05) is 12.2 Å². The van der Waals surface area contributed by atoms with E-state index < -0.39 is 0 Å².